The fourth-order valence-corrected chi connectivity index (χ4v) is 2.02. The average Bonchev–Trinajstić information content (AvgIpc) is 2.45. The average molecular weight is 331 g/mol. The van der Waals surface area contributed by atoms with Crippen LogP contribution < -0.4 is 0 Å². The van der Waals surface area contributed by atoms with Gasteiger partial charge in [0.2, 0.25) is 0 Å². The molecule has 3 heteroatoms. The summed E-state index contributed by atoms with van der Waals surface area (Å²) in [7, 11) is 0. The van der Waals surface area contributed by atoms with Crippen LogP contribution >= 0.6 is 15.9 Å². The molecule has 0 radical (unpaired) electrons. The molecule has 0 unspecified atom stereocenters. The van der Waals surface area contributed by atoms with Crippen LogP contribution in [0.25, 0.3) is 11.1 Å². The summed E-state index contributed by atoms with van der Waals surface area (Å²) >= 11 is 3.42. The molecule has 0 aliphatic carbocycles. The van der Waals surface area contributed by atoms with Crippen LogP contribution in [0, 0.1) is 0 Å². The Morgan fingerprint density at radius 3 is 2.50 bits per heavy atom. The highest BCUT2D eigenvalue weighted by Crippen LogP contribution is 2.23. The Balaban J connectivity index is 2.14. The minimum absolute atomic E-state index is 0.260. The highest BCUT2D eigenvalue weighted by atomic mass is 79.9. The molecule has 0 aliphatic heterocycles. The lowest BCUT2D eigenvalue weighted by Crippen LogP contribution is -2.04. The Hall–Kier alpha value is -1.87. The minimum atomic E-state index is -0.362. The third-order valence-corrected chi connectivity index (χ3v) is 3.35. The summed E-state index contributed by atoms with van der Waals surface area (Å²) in [6, 6.07) is 16.1. The van der Waals surface area contributed by atoms with Crippen LogP contribution in [0.15, 0.2) is 65.2 Å². The molecule has 0 heterocycles. The molecule has 0 bridgehead atoms. The number of carbonyl (C=O) groups is 1. The number of halogens is 1. The SMILES string of the molecule is C=C(C)C(=O)OCc1cccc(-c2ccc(Br)cc2)c1. The van der Waals surface area contributed by atoms with Gasteiger partial charge in [-0.3, -0.25) is 0 Å². The van der Waals surface area contributed by atoms with Crippen LogP contribution in [-0.2, 0) is 16.1 Å². The molecule has 0 saturated heterocycles. The van der Waals surface area contributed by atoms with Crippen molar-refractivity contribution in [3.05, 3.63) is 70.7 Å². The Labute approximate surface area is 127 Å². The van der Waals surface area contributed by atoms with E-state index in [1.165, 1.54) is 0 Å². The van der Waals surface area contributed by atoms with Gasteiger partial charge in [-0.05, 0) is 41.8 Å². The molecule has 102 valence electrons. The highest BCUT2D eigenvalue weighted by Gasteiger charge is 2.04. The molecule has 0 amide bonds. The first-order valence-corrected chi connectivity index (χ1v) is 7.03. The zero-order chi connectivity index (χ0) is 14.5. The standard InChI is InChI=1S/C17H15BrO2/c1-12(2)17(19)20-11-13-4-3-5-15(10-13)14-6-8-16(18)9-7-14/h3-10H,1,11H2,2H3. The van der Waals surface area contributed by atoms with Crippen LogP contribution in [0.3, 0.4) is 0 Å². The minimum Gasteiger partial charge on any atom is -0.457 e. The second-order valence-corrected chi connectivity index (χ2v) is 5.48. The Morgan fingerprint density at radius 1 is 1.15 bits per heavy atom. The van der Waals surface area contributed by atoms with E-state index in [1.807, 2.05) is 48.5 Å². The van der Waals surface area contributed by atoms with Gasteiger partial charge in [-0.2, -0.15) is 0 Å². The zero-order valence-electron chi connectivity index (χ0n) is 11.2. The van der Waals surface area contributed by atoms with E-state index in [-0.39, 0.29) is 12.6 Å². The molecule has 0 atom stereocenters. The van der Waals surface area contributed by atoms with E-state index in [9.17, 15) is 4.79 Å². The van der Waals surface area contributed by atoms with Gasteiger partial charge in [0.25, 0.3) is 0 Å². The first-order chi connectivity index (χ1) is 9.56. The summed E-state index contributed by atoms with van der Waals surface area (Å²) in [5.74, 6) is -0.362. The quantitative estimate of drug-likeness (QED) is 0.598. The lowest BCUT2D eigenvalue weighted by molar-refractivity contribution is -0.140. The predicted molar refractivity (Wildman–Crippen MR) is 84.2 cm³/mol. The lowest BCUT2D eigenvalue weighted by atomic mass is 10.0. The van der Waals surface area contributed by atoms with Gasteiger partial charge in [0.05, 0.1) is 0 Å². The maximum absolute atomic E-state index is 11.4. The predicted octanol–water partition coefficient (Wildman–Crippen LogP) is 4.74. The van der Waals surface area contributed by atoms with Crippen molar-refractivity contribution >= 4 is 21.9 Å². The summed E-state index contributed by atoms with van der Waals surface area (Å²) in [5, 5.41) is 0. The summed E-state index contributed by atoms with van der Waals surface area (Å²) in [6.45, 7) is 5.46. The van der Waals surface area contributed by atoms with Gasteiger partial charge >= 0.3 is 5.97 Å². The molecule has 0 fully saturated rings. The number of benzene rings is 2. The largest absolute Gasteiger partial charge is 0.457 e. The lowest BCUT2D eigenvalue weighted by Gasteiger charge is -2.07. The van der Waals surface area contributed by atoms with Crippen molar-refractivity contribution in [1.29, 1.82) is 0 Å². The molecule has 0 aliphatic rings. The van der Waals surface area contributed by atoms with E-state index in [0.717, 1.165) is 21.2 Å². The molecule has 0 saturated carbocycles. The van der Waals surface area contributed by atoms with Gasteiger partial charge in [0.15, 0.2) is 0 Å². The Kier molecular flexibility index (Phi) is 4.74. The number of rotatable bonds is 4. The number of hydrogen-bond acceptors (Lipinski definition) is 2. The van der Waals surface area contributed by atoms with Crippen LogP contribution in [0.1, 0.15) is 12.5 Å². The van der Waals surface area contributed by atoms with E-state index in [0.29, 0.717) is 5.57 Å². The molecular formula is C17H15BrO2. The molecule has 2 aromatic carbocycles. The van der Waals surface area contributed by atoms with Crippen LogP contribution in [0.5, 0.6) is 0 Å². The van der Waals surface area contributed by atoms with E-state index >= 15 is 0 Å². The third kappa shape index (κ3) is 3.81. The molecule has 0 aromatic heterocycles. The summed E-state index contributed by atoms with van der Waals surface area (Å²) in [4.78, 5) is 11.4. The second kappa shape index (κ2) is 6.53. The molecule has 20 heavy (non-hydrogen) atoms. The summed E-state index contributed by atoms with van der Waals surface area (Å²) < 4.78 is 6.20. The smallest absolute Gasteiger partial charge is 0.333 e. The van der Waals surface area contributed by atoms with Crippen molar-refractivity contribution < 1.29 is 9.53 Å². The van der Waals surface area contributed by atoms with Gasteiger partial charge < -0.3 is 4.74 Å². The van der Waals surface area contributed by atoms with Crippen molar-refractivity contribution in [1.82, 2.24) is 0 Å². The molecule has 2 rings (SSSR count). The van der Waals surface area contributed by atoms with Crippen molar-refractivity contribution in [2.75, 3.05) is 0 Å². The van der Waals surface area contributed by atoms with Crippen molar-refractivity contribution in [3.63, 3.8) is 0 Å². The number of ether oxygens (including phenoxy) is 1. The monoisotopic (exact) mass is 330 g/mol. The van der Waals surface area contributed by atoms with Gasteiger partial charge in [-0.15, -0.1) is 0 Å². The first-order valence-electron chi connectivity index (χ1n) is 6.24. The molecular weight excluding hydrogens is 316 g/mol. The van der Waals surface area contributed by atoms with Gasteiger partial charge in [-0.25, -0.2) is 4.79 Å². The molecule has 0 spiro atoms. The Bertz CT molecular complexity index is 630. The first kappa shape index (κ1) is 14.5. The summed E-state index contributed by atoms with van der Waals surface area (Å²) in [6.07, 6.45) is 0. The Morgan fingerprint density at radius 2 is 1.85 bits per heavy atom. The summed E-state index contributed by atoms with van der Waals surface area (Å²) in [5.41, 5.74) is 3.59. The van der Waals surface area contributed by atoms with E-state index in [2.05, 4.69) is 22.5 Å². The van der Waals surface area contributed by atoms with Crippen molar-refractivity contribution in [3.8, 4) is 11.1 Å². The maximum Gasteiger partial charge on any atom is 0.333 e. The van der Waals surface area contributed by atoms with Gasteiger partial charge in [0, 0.05) is 10.0 Å². The van der Waals surface area contributed by atoms with Crippen molar-refractivity contribution in [2.45, 2.75) is 13.5 Å². The number of hydrogen-bond donors (Lipinski definition) is 0. The second-order valence-electron chi connectivity index (χ2n) is 4.56. The van der Waals surface area contributed by atoms with Gasteiger partial charge in [-0.1, -0.05) is 52.8 Å². The van der Waals surface area contributed by atoms with Crippen LogP contribution in [0.2, 0.25) is 0 Å². The van der Waals surface area contributed by atoms with E-state index < -0.39 is 0 Å². The van der Waals surface area contributed by atoms with Crippen LogP contribution in [0.4, 0.5) is 0 Å². The third-order valence-electron chi connectivity index (χ3n) is 2.82. The highest BCUT2D eigenvalue weighted by molar-refractivity contribution is 9.10. The fraction of sp³-hybridized carbons (Fsp3) is 0.118. The molecule has 2 aromatic rings. The molecule has 0 N–H and O–H groups in total. The topological polar surface area (TPSA) is 26.3 Å². The molecule has 2 nitrogen and oxygen atoms in total. The van der Waals surface area contributed by atoms with E-state index in [1.54, 1.807) is 6.92 Å². The van der Waals surface area contributed by atoms with Crippen LogP contribution in [-0.4, -0.2) is 5.97 Å². The maximum atomic E-state index is 11.4. The van der Waals surface area contributed by atoms with Crippen molar-refractivity contribution in [2.24, 2.45) is 0 Å². The zero-order valence-corrected chi connectivity index (χ0v) is 12.8. The van der Waals surface area contributed by atoms with E-state index in [4.69, 9.17) is 4.74 Å². The number of carbonyl (C=O) groups excluding carboxylic acids is 1. The number of esters is 1. The fourth-order valence-electron chi connectivity index (χ4n) is 1.76. The van der Waals surface area contributed by atoms with Gasteiger partial charge in [0.1, 0.15) is 6.61 Å². The normalized spacial score (nSPS) is 10.1.